The third-order valence-electron chi connectivity index (χ3n) is 3.49. The fourth-order valence-corrected chi connectivity index (χ4v) is 3.03. The number of benzene rings is 2. The Morgan fingerprint density at radius 1 is 1.15 bits per heavy atom. The van der Waals surface area contributed by atoms with Gasteiger partial charge in [0.05, 0.1) is 7.11 Å². The second-order valence-electron chi connectivity index (χ2n) is 5.40. The average Bonchev–Trinajstić information content (AvgIpc) is 2.70. The lowest BCUT2D eigenvalue weighted by Gasteiger charge is -2.08. The molecule has 2 aromatic carbocycles. The van der Waals surface area contributed by atoms with Gasteiger partial charge >= 0.3 is 0 Å². The Labute approximate surface area is 161 Å². The quantitative estimate of drug-likeness (QED) is 0.465. The standard InChI is InChI=1S/C20H18N4O2S/c1-3-18(25)22-14-7-9-15(10-8-14)23-20-21-12-11-19(24-20)27-17-6-4-5-16(13-17)26-2/h3-13H,1H2,2H3,(H,22,25)(H,21,23,24). The molecule has 3 aromatic rings. The molecule has 0 aliphatic rings. The van der Waals surface area contributed by atoms with Crippen molar-refractivity contribution in [3.8, 4) is 5.75 Å². The summed E-state index contributed by atoms with van der Waals surface area (Å²) in [4.78, 5) is 21.1. The largest absolute Gasteiger partial charge is 0.497 e. The zero-order valence-electron chi connectivity index (χ0n) is 14.7. The molecule has 0 spiro atoms. The van der Waals surface area contributed by atoms with Crippen molar-refractivity contribution in [1.29, 1.82) is 0 Å². The Bertz CT molecular complexity index is 945. The van der Waals surface area contributed by atoms with Gasteiger partial charge in [-0.05, 0) is 54.6 Å². The molecule has 0 saturated heterocycles. The normalized spacial score (nSPS) is 10.1. The third-order valence-corrected chi connectivity index (χ3v) is 4.41. The highest BCUT2D eigenvalue weighted by molar-refractivity contribution is 7.99. The molecule has 0 radical (unpaired) electrons. The van der Waals surface area contributed by atoms with Crippen molar-refractivity contribution in [3.05, 3.63) is 73.4 Å². The molecule has 6 nitrogen and oxygen atoms in total. The van der Waals surface area contributed by atoms with Crippen LogP contribution in [0.15, 0.2) is 83.4 Å². The zero-order valence-corrected chi connectivity index (χ0v) is 15.5. The van der Waals surface area contributed by atoms with Crippen LogP contribution in [-0.4, -0.2) is 23.0 Å². The number of nitrogens with one attached hydrogen (secondary N) is 2. The van der Waals surface area contributed by atoms with E-state index in [0.717, 1.165) is 21.4 Å². The monoisotopic (exact) mass is 378 g/mol. The summed E-state index contributed by atoms with van der Waals surface area (Å²) in [5.74, 6) is 1.04. The van der Waals surface area contributed by atoms with E-state index in [1.807, 2.05) is 42.5 Å². The van der Waals surface area contributed by atoms with Gasteiger partial charge in [-0.3, -0.25) is 4.79 Å². The smallest absolute Gasteiger partial charge is 0.247 e. The summed E-state index contributed by atoms with van der Waals surface area (Å²) in [6, 6.07) is 16.9. The Morgan fingerprint density at radius 2 is 1.93 bits per heavy atom. The van der Waals surface area contributed by atoms with Crippen LogP contribution >= 0.6 is 11.8 Å². The molecule has 0 bridgehead atoms. The highest BCUT2D eigenvalue weighted by Gasteiger charge is 2.04. The summed E-state index contributed by atoms with van der Waals surface area (Å²) in [7, 11) is 1.64. The van der Waals surface area contributed by atoms with Crippen molar-refractivity contribution in [2.24, 2.45) is 0 Å². The number of amides is 1. The molecule has 0 atom stereocenters. The number of rotatable bonds is 7. The van der Waals surface area contributed by atoms with Crippen LogP contribution in [0.5, 0.6) is 5.75 Å². The fourth-order valence-electron chi connectivity index (χ4n) is 2.20. The predicted molar refractivity (Wildman–Crippen MR) is 108 cm³/mol. The molecule has 3 rings (SSSR count). The minimum atomic E-state index is -0.249. The van der Waals surface area contributed by atoms with E-state index in [1.54, 1.807) is 25.4 Å². The summed E-state index contributed by atoms with van der Waals surface area (Å²) in [6.45, 7) is 3.43. The number of hydrogen-bond acceptors (Lipinski definition) is 6. The topological polar surface area (TPSA) is 76.1 Å². The predicted octanol–water partition coefficient (Wildman–Crippen LogP) is 4.50. The minimum Gasteiger partial charge on any atom is -0.497 e. The first-order chi connectivity index (χ1) is 13.2. The van der Waals surface area contributed by atoms with Crippen LogP contribution in [-0.2, 0) is 4.79 Å². The summed E-state index contributed by atoms with van der Waals surface area (Å²) in [5, 5.41) is 6.67. The van der Waals surface area contributed by atoms with E-state index in [-0.39, 0.29) is 5.91 Å². The number of anilines is 3. The molecular weight excluding hydrogens is 360 g/mol. The molecule has 2 N–H and O–H groups in total. The second kappa shape index (κ2) is 8.86. The van der Waals surface area contributed by atoms with E-state index >= 15 is 0 Å². The number of carbonyl (C=O) groups is 1. The summed E-state index contributed by atoms with van der Waals surface area (Å²) < 4.78 is 5.25. The molecule has 1 aromatic heterocycles. The van der Waals surface area contributed by atoms with Gasteiger partial charge in [0.25, 0.3) is 0 Å². The second-order valence-corrected chi connectivity index (χ2v) is 6.49. The van der Waals surface area contributed by atoms with Crippen molar-refractivity contribution < 1.29 is 9.53 Å². The molecule has 1 amide bonds. The Balaban J connectivity index is 1.68. The van der Waals surface area contributed by atoms with Crippen LogP contribution in [0, 0.1) is 0 Å². The Kier molecular flexibility index (Phi) is 6.06. The number of nitrogens with zero attached hydrogens (tertiary/aromatic N) is 2. The van der Waals surface area contributed by atoms with Gasteiger partial charge in [-0.1, -0.05) is 24.4 Å². The summed E-state index contributed by atoms with van der Waals surface area (Å²) >= 11 is 1.53. The highest BCUT2D eigenvalue weighted by Crippen LogP contribution is 2.29. The van der Waals surface area contributed by atoms with E-state index in [0.29, 0.717) is 11.6 Å². The summed E-state index contributed by atoms with van der Waals surface area (Å²) in [6.07, 6.45) is 2.93. The maximum atomic E-state index is 11.3. The number of ether oxygens (including phenoxy) is 1. The highest BCUT2D eigenvalue weighted by atomic mass is 32.2. The molecule has 0 unspecified atom stereocenters. The number of carbonyl (C=O) groups excluding carboxylic acids is 1. The van der Waals surface area contributed by atoms with Crippen LogP contribution in [0.25, 0.3) is 0 Å². The van der Waals surface area contributed by atoms with E-state index in [4.69, 9.17) is 4.74 Å². The van der Waals surface area contributed by atoms with Crippen LogP contribution in [0.2, 0.25) is 0 Å². The fraction of sp³-hybridized carbons (Fsp3) is 0.0500. The minimum absolute atomic E-state index is 0.249. The van der Waals surface area contributed by atoms with Gasteiger partial charge in [0.2, 0.25) is 11.9 Å². The van der Waals surface area contributed by atoms with Crippen molar-refractivity contribution >= 4 is 35.0 Å². The van der Waals surface area contributed by atoms with Gasteiger partial charge in [-0.25, -0.2) is 9.97 Å². The van der Waals surface area contributed by atoms with Crippen molar-refractivity contribution in [2.75, 3.05) is 17.7 Å². The third kappa shape index (κ3) is 5.32. The average molecular weight is 378 g/mol. The van der Waals surface area contributed by atoms with Crippen LogP contribution < -0.4 is 15.4 Å². The lowest BCUT2D eigenvalue weighted by molar-refractivity contribution is -0.111. The van der Waals surface area contributed by atoms with Crippen LogP contribution in [0.4, 0.5) is 17.3 Å². The number of hydrogen-bond donors (Lipinski definition) is 2. The Hall–Kier alpha value is -3.32. The Morgan fingerprint density at radius 3 is 2.67 bits per heavy atom. The lowest BCUT2D eigenvalue weighted by Crippen LogP contribution is -2.07. The van der Waals surface area contributed by atoms with Gasteiger partial charge < -0.3 is 15.4 Å². The number of aromatic nitrogens is 2. The van der Waals surface area contributed by atoms with Crippen LogP contribution in [0.1, 0.15) is 0 Å². The molecule has 7 heteroatoms. The van der Waals surface area contributed by atoms with Crippen molar-refractivity contribution in [3.63, 3.8) is 0 Å². The van der Waals surface area contributed by atoms with E-state index < -0.39 is 0 Å². The van der Waals surface area contributed by atoms with Gasteiger partial charge in [0.15, 0.2) is 0 Å². The maximum absolute atomic E-state index is 11.3. The van der Waals surface area contributed by atoms with E-state index in [2.05, 4.69) is 27.2 Å². The molecule has 0 saturated carbocycles. The molecular formula is C20H18N4O2S. The van der Waals surface area contributed by atoms with E-state index in [9.17, 15) is 4.79 Å². The number of methoxy groups -OCH3 is 1. The van der Waals surface area contributed by atoms with Gasteiger partial charge in [-0.2, -0.15) is 0 Å². The van der Waals surface area contributed by atoms with Gasteiger partial charge in [0.1, 0.15) is 10.8 Å². The van der Waals surface area contributed by atoms with Gasteiger partial charge in [-0.15, -0.1) is 0 Å². The zero-order chi connectivity index (χ0) is 19.1. The summed E-state index contributed by atoms with van der Waals surface area (Å²) in [5.41, 5.74) is 1.50. The van der Waals surface area contributed by atoms with Crippen molar-refractivity contribution in [2.45, 2.75) is 9.92 Å². The molecule has 0 aliphatic heterocycles. The molecule has 1 heterocycles. The van der Waals surface area contributed by atoms with Crippen molar-refractivity contribution in [1.82, 2.24) is 9.97 Å². The van der Waals surface area contributed by atoms with Gasteiger partial charge in [0, 0.05) is 22.5 Å². The molecule has 0 fully saturated rings. The first-order valence-corrected chi connectivity index (χ1v) is 8.93. The van der Waals surface area contributed by atoms with E-state index in [1.165, 1.54) is 17.8 Å². The van der Waals surface area contributed by atoms with Crippen LogP contribution in [0.3, 0.4) is 0 Å². The SMILES string of the molecule is C=CC(=O)Nc1ccc(Nc2nccc(Sc3cccc(OC)c3)n2)cc1. The first kappa shape index (κ1) is 18.5. The molecule has 27 heavy (non-hydrogen) atoms. The molecule has 136 valence electrons. The molecule has 0 aliphatic carbocycles. The maximum Gasteiger partial charge on any atom is 0.247 e. The lowest BCUT2D eigenvalue weighted by atomic mass is 10.3. The first-order valence-electron chi connectivity index (χ1n) is 8.12.